The minimum atomic E-state index is -1.73. The summed E-state index contributed by atoms with van der Waals surface area (Å²) in [5.41, 5.74) is -0.373. The Morgan fingerprint density at radius 3 is 2.32 bits per heavy atom. The van der Waals surface area contributed by atoms with Crippen LogP contribution in [-0.2, 0) is 19.9 Å². The minimum Gasteiger partial charge on any atom is -0.507 e. The molecule has 0 bridgehead atoms. The quantitative estimate of drug-likeness (QED) is 0.300. The van der Waals surface area contributed by atoms with Gasteiger partial charge in [-0.25, -0.2) is 0 Å². The van der Waals surface area contributed by atoms with Crippen LogP contribution in [0.3, 0.4) is 0 Å². The van der Waals surface area contributed by atoms with E-state index in [0.717, 1.165) is 19.3 Å². The zero-order chi connectivity index (χ0) is 26.7. The van der Waals surface area contributed by atoms with Gasteiger partial charge in [-0.15, -0.1) is 0 Å². The molecule has 1 spiro atoms. The molecule has 2 aromatic rings. The maximum Gasteiger partial charge on any atom is 0.296 e. The van der Waals surface area contributed by atoms with Crippen molar-refractivity contribution in [2.75, 3.05) is 45.2 Å². The SMILES string of the molecule is CCCCN1C(=O)C2(/C(=C(\O)c3ccc(OCCC)cc3)C(=O)C(=O)N2CCN(C)C)c2ccccc21. The number of hydrogen-bond acceptors (Lipinski definition) is 6. The summed E-state index contributed by atoms with van der Waals surface area (Å²) in [6.07, 6.45) is 2.50. The number of amides is 2. The van der Waals surface area contributed by atoms with Crippen molar-refractivity contribution in [3.63, 3.8) is 0 Å². The van der Waals surface area contributed by atoms with Crippen LogP contribution in [0, 0.1) is 0 Å². The van der Waals surface area contributed by atoms with E-state index in [9.17, 15) is 19.5 Å². The van der Waals surface area contributed by atoms with E-state index in [1.165, 1.54) is 4.90 Å². The molecule has 2 aliphatic heterocycles. The van der Waals surface area contributed by atoms with E-state index in [4.69, 9.17) is 4.74 Å². The van der Waals surface area contributed by atoms with Crippen molar-refractivity contribution < 1.29 is 24.2 Å². The number of fused-ring (bicyclic) bond motifs is 2. The van der Waals surface area contributed by atoms with Crippen molar-refractivity contribution in [3.05, 3.63) is 65.2 Å². The molecule has 4 rings (SSSR count). The molecule has 1 fully saturated rings. The molecule has 8 heteroatoms. The summed E-state index contributed by atoms with van der Waals surface area (Å²) in [6, 6.07) is 13.9. The van der Waals surface area contributed by atoms with Crippen LogP contribution >= 0.6 is 0 Å². The van der Waals surface area contributed by atoms with Crippen molar-refractivity contribution in [2.24, 2.45) is 0 Å². The summed E-state index contributed by atoms with van der Waals surface area (Å²) in [4.78, 5) is 46.4. The fourth-order valence-electron chi connectivity index (χ4n) is 5.08. The first-order chi connectivity index (χ1) is 17.8. The zero-order valence-corrected chi connectivity index (χ0v) is 22.0. The second-order valence-corrected chi connectivity index (χ2v) is 9.72. The average Bonchev–Trinajstić information content (AvgIpc) is 3.27. The summed E-state index contributed by atoms with van der Waals surface area (Å²) in [7, 11) is 3.73. The molecule has 196 valence electrons. The number of carbonyl (C=O) groups is 3. The van der Waals surface area contributed by atoms with Gasteiger partial charge in [-0.05, 0) is 57.3 Å². The number of carbonyl (C=O) groups excluding carboxylic acids is 3. The lowest BCUT2D eigenvalue weighted by atomic mass is 9.82. The van der Waals surface area contributed by atoms with Crippen molar-refractivity contribution in [3.8, 4) is 5.75 Å². The third-order valence-corrected chi connectivity index (χ3v) is 6.92. The summed E-state index contributed by atoms with van der Waals surface area (Å²) in [5, 5.41) is 11.6. The number of likely N-dealkylation sites (tertiary alicyclic amines) is 1. The van der Waals surface area contributed by atoms with Gasteiger partial charge in [0.1, 0.15) is 11.5 Å². The second-order valence-electron chi connectivity index (χ2n) is 9.72. The number of anilines is 1. The molecule has 1 unspecified atom stereocenters. The molecule has 0 saturated carbocycles. The minimum absolute atomic E-state index is 0.153. The highest BCUT2D eigenvalue weighted by Gasteiger charge is 2.66. The Morgan fingerprint density at radius 1 is 0.973 bits per heavy atom. The number of hydrogen-bond donors (Lipinski definition) is 1. The first-order valence-corrected chi connectivity index (χ1v) is 12.9. The molecule has 2 aromatic carbocycles. The first-order valence-electron chi connectivity index (χ1n) is 12.9. The number of ketones is 1. The van der Waals surface area contributed by atoms with Crippen LogP contribution in [0.1, 0.15) is 44.2 Å². The van der Waals surface area contributed by atoms with Crippen LogP contribution in [-0.4, -0.2) is 72.8 Å². The lowest BCUT2D eigenvalue weighted by molar-refractivity contribution is -0.143. The van der Waals surface area contributed by atoms with Gasteiger partial charge in [-0.2, -0.15) is 0 Å². The van der Waals surface area contributed by atoms with Crippen molar-refractivity contribution in [2.45, 2.75) is 38.6 Å². The standard InChI is InChI=1S/C29H35N3O5/c1-5-7-16-31-23-11-9-8-10-22(23)29(28(31)36)24(26(34)27(35)32(29)18-17-30(3)4)25(33)20-12-14-21(15-13-20)37-19-6-2/h8-15,33H,5-7,16-19H2,1-4H3/b25-24-. The molecule has 1 N–H and O–H groups in total. The largest absolute Gasteiger partial charge is 0.507 e. The molecule has 2 heterocycles. The van der Waals surface area contributed by atoms with Gasteiger partial charge in [0.25, 0.3) is 17.6 Å². The van der Waals surface area contributed by atoms with Gasteiger partial charge in [-0.1, -0.05) is 38.5 Å². The average molecular weight is 506 g/mol. The Balaban J connectivity index is 1.93. The number of rotatable bonds is 10. The smallest absolute Gasteiger partial charge is 0.296 e. The molecular weight excluding hydrogens is 470 g/mol. The van der Waals surface area contributed by atoms with Crippen molar-refractivity contribution in [1.82, 2.24) is 9.80 Å². The van der Waals surface area contributed by atoms with E-state index in [1.807, 2.05) is 45.0 Å². The number of aliphatic hydroxyl groups excluding tert-OH is 1. The van der Waals surface area contributed by atoms with E-state index >= 15 is 0 Å². The van der Waals surface area contributed by atoms with Crippen LogP contribution in [0.4, 0.5) is 5.69 Å². The molecule has 0 aromatic heterocycles. The third kappa shape index (κ3) is 4.39. The highest BCUT2D eigenvalue weighted by molar-refractivity contribution is 6.50. The third-order valence-electron chi connectivity index (χ3n) is 6.92. The topological polar surface area (TPSA) is 90.4 Å². The van der Waals surface area contributed by atoms with Crippen LogP contribution in [0.15, 0.2) is 54.1 Å². The number of para-hydroxylation sites is 1. The number of ether oxygens (including phenoxy) is 1. The van der Waals surface area contributed by atoms with Crippen LogP contribution in [0.25, 0.3) is 5.76 Å². The molecule has 2 amide bonds. The predicted molar refractivity (Wildman–Crippen MR) is 142 cm³/mol. The number of aliphatic hydroxyl groups is 1. The summed E-state index contributed by atoms with van der Waals surface area (Å²) < 4.78 is 5.64. The van der Waals surface area contributed by atoms with Gasteiger partial charge in [0, 0.05) is 30.8 Å². The fourth-order valence-corrected chi connectivity index (χ4v) is 5.08. The lowest BCUT2D eigenvalue weighted by Gasteiger charge is -2.35. The van der Waals surface area contributed by atoms with Gasteiger partial charge in [0.15, 0.2) is 5.54 Å². The molecule has 1 atom stereocenters. The molecule has 0 radical (unpaired) electrons. The van der Waals surface area contributed by atoms with E-state index in [0.29, 0.717) is 42.3 Å². The van der Waals surface area contributed by atoms with Gasteiger partial charge in [-0.3, -0.25) is 14.4 Å². The van der Waals surface area contributed by atoms with Crippen LogP contribution in [0.2, 0.25) is 0 Å². The van der Waals surface area contributed by atoms with E-state index in [-0.39, 0.29) is 23.8 Å². The molecule has 8 nitrogen and oxygen atoms in total. The zero-order valence-electron chi connectivity index (χ0n) is 22.0. The Labute approximate surface area is 218 Å². The highest BCUT2D eigenvalue weighted by atomic mass is 16.5. The number of benzene rings is 2. The lowest BCUT2D eigenvalue weighted by Crippen LogP contribution is -2.53. The van der Waals surface area contributed by atoms with E-state index in [2.05, 4.69) is 0 Å². The number of Topliss-reactive ketones (excluding diaryl/α,β-unsaturated/α-hetero) is 1. The maximum absolute atomic E-state index is 14.4. The van der Waals surface area contributed by atoms with E-state index in [1.54, 1.807) is 41.3 Å². The Bertz CT molecular complexity index is 1220. The van der Waals surface area contributed by atoms with Gasteiger partial charge >= 0.3 is 0 Å². The highest BCUT2D eigenvalue weighted by Crippen LogP contribution is 2.53. The van der Waals surface area contributed by atoms with Crippen LogP contribution < -0.4 is 9.64 Å². The monoisotopic (exact) mass is 505 g/mol. The number of nitrogens with zero attached hydrogens (tertiary/aromatic N) is 3. The summed E-state index contributed by atoms with van der Waals surface area (Å²) in [6.45, 7) is 5.66. The molecule has 37 heavy (non-hydrogen) atoms. The Hall–Kier alpha value is -3.65. The predicted octanol–water partition coefficient (Wildman–Crippen LogP) is 3.76. The molecule has 1 saturated heterocycles. The second kappa shape index (κ2) is 10.8. The molecule has 2 aliphatic rings. The summed E-state index contributed by atoms with van der Waals surface area (Å²) >= 11 is 0. The van der Waals surface area contributed by atoms with Crippen LogP contribution in [0.5, 0.6) is 5.75 Å². The molecule has 0 aliphatic carbocycles. The number of likely N-dealkylation sites (N-methyl/N-ethyl adjacent to an activating group) is 1. The fraction of sp³-hybridized carbons (Fsp3) is 0.414. The van der Waals surface area contributed by atoms with Gasteiger partial charge in [0.05, 0.1) is 17.9 Å². The van der Waals surface area contributed by atoms with E-state index < -0.39 is 17.2 Å². The van der Waals surface area contributed by atoms with Crippen molar-refractivity contribution in [1.29, 1.82) is 0 Å². The maximum atomic E-state index is 14.4. The Morgan fingerprint density at radius 2 is 1.68 bits per heavy atom. The first kappa shape index (κ1) is 26.4. The normalized spacial score (nSPS) is 20.4. The summed E-state index contributed by atoms with van der Waals surface area (Å²) in [5.74, 6) is -1.76. The van der Waals surface area contributed by atoms with Gasteiger partial charge < -0.3 is 24.5 Å². The van der Waals surface area contributed by atoms with Gasteiger partial charge in [0.2, 0.25) is 0 Å². The molecular formula is C29H35N3O5. The van der Waals surface area contributed by atoms with Crippen molar-refractivity contribution >= 4 is 29.0 Å². The Kier molecular flexibility index (Phi) is 7.68. The number of unbranched alkanes of at least 4 members (excludes halogenated alkanes) is 1.